The van der Waals surface area contributed by atoms with E-state index in [1.807, 2.05) is 37.2 Å². The van der Waals surface area contributed by atoms with E-state index in [-0.39, 0.29) is 0 Å². The third kappa shape index (κ3) is 9.48. The summed E-state index contributed by atoms with van der Waals surface area (Å²) >= 11 is 0. The lowest BCUT2D eigenvalue weighted by Gasteiger charge is -2.08. The van der Waals surface area contributed by atoms with Gasteiger partial charge in [-0.05, 0) is 189 Å². The van der Waals surface area contributed by atoms with E-state index in [1.54, 1.807) is 0 Å². The lowest BCUT2D eigenvalue weighted by atomic mass is 9.97. The molecule has 90 heavy (non-hydrogen) atoms. The van der Waals surface area contributed by atoms with E-state index in [1.165, 1.54) is 0 Å². The highest BCUT2D eigenvalue weighted by Crippen LogP contribution is 2.36. The van der Waals surface area contributed by atoms with Crippen molar-refractivity contribution in [2.45, 2.75) is 0 Å². The summed E-state index contributed by atoms with van der Waals surface area (Å²) in [4.78, 5) is 31.2. The van der Waals surface area contributed by atoms with Crippen LogP contribution in [0.4, 0.5) is 0 Å². The SMILES string of the molecule is c1ccc(-c2ccc3c4cc5cc(c4)c4ccccc4c4ccc(cn4)c4ccc(cn4)c4ccccc4c4cc(cc(c4)c4ccccc4c4ccc(nc4)c4ccc(nc4)c3c2)c2ccccc2c2ccc(nc2)c2ccc(nc2)c2ccccc52)cc1. The normalized spacial score (nSPS) is 11.6. The van der Waals surface area contributed by atoms with E-state index in [0.29, 0.717) is 0 Å². The number of benzene rings is 9. The average Bonchev–Trinajstić information content (AvgIpc) is 1.01. The molecule has 0 aliphatic rings. The monoisotopic (exact) mass is 1140 g/mol. The second kappa shape index (κ2) is 22.0. The van der Waals surface area contributed by atoms with Gasteiger partial charge in [0.15, 0.2) is 0 Å². The first-order valence-electron chi connectivity index (χ1n) is 30.3. The van der Waals surface area contributed by atoms with Crippen molar-refractivity contribution in [3.8, 4) is 11.1 Å². The standard InChI is InChI=1S/C84H52N6/c1-2-14-53(15-3-1)54-26-33-75-66-44-64-43-65(45-66)74-23-11-13-25-77(74)83-38-31-59(51-89-83)80-35-28-56(48-86-80)68-17-5-8-20-71(68)62-40-61(41-63(42-62)72-21-9-6-18-69(72)57-29-36-81(87-49-57)60-32-39-84(90-52-60)78(75)46-54)70-19-7-4-16-67(70)55-27-34-79(85-47-55)58-30-37-82(88-50-58)76-24-12-10-22-73(64)76/h1-52H. The summed E-state index contributed by atoms with van der Waals surface area (Å²) in [5, 5.41) is 24.8. The molecule has 0 unspecified atom stereocenters. The smallest absolute Gasteiger partial charge is 0.0717 e. The number of nitrogens with zero attached hydrogens (tertiary/aromatic N) is 6. The third-order valence-electron chi connectivity index (χ3n) is 17.7. The first kappa shape index (κ1) is 52.2. The topological polar surface area (TPSA) is 77.3 Å². The van der Waals surface area contributed by atoms with Crippen LogP contribution >= 0.6 is 0 Å². The average molecular weight is 1150 g/mol. The van der Waals surface area contributed by atoms with Crippen molar-refractivity contribution in [2.75, 3.05) is 0 Å². The molecule has 6 heteroatoms. The summed E-state index contributed by atoms with van der Waals surface area (Å²) in [7, 11) is 0. The Balaban J connectivity index is 1.09. The molecule has 0 fully saturated rings. The van der Waals surface area contributed by atoms with E-state index in [9.17, 15) is 0 Å². The van der Waals surface area contributed by atoms with Gasteiger partial charge in [0.1, 0.15) is 0 Å². The summed E-state index contributed by atoms with van der Waals surface area (Å²) in [6.07, 6.45) is 11.9. The summed E-state index contributed by atoms with van der Waals surface area (Å²) in [6.45, 7) is 0. The molecular weight excluding hydrogens is 1090 g/mol. The highest BCUT2D eigenvalue weighted by Gasteiger charge is 2.10. The van der Waals surface area contributed by atoms with Crippen LogP contribution in [-0.2, 0) is 0 Å². The Bertz CT molecular complexity index is 5870. The Morgan fingerprint density at radius 3 is 0.689 bits per heavy atom. The van der Waals surface area contributed by atoms with Crippen LogP contribution in [-0.4, -0.2) is 29.9 Å². The molecule has 0 saturated heterocycles. The number of rotatable bonds is 1. The third-order valence-corrected chi connectivity index (χ3v) is 17.7. The van der Waals surface area contributed by atoms with E-state index >= 15 is 0 Å². The van der Waals surface area contributed by atoms with E-state index in [0.717, 1.165) is 173 Å². The minimum absolute atomic E-state index is 0.832. The van der Waals surface area contributed by atoms with Gasteiger partial charge in [-0.25, -0.2) is 0 Å². The molecule has 0 radical (unpaired) electrons. The molecule has 0 saturated carbocycles. The molecular formula is C84H52N6. The van der Waals surface area contributed by atoms with Gasteiger partial charge in [0.25, 0.3) is 0 Å². The number of hydrogen-bond acceptors (Lipinski definition) is 6. The van der Waals surface area contributed by atoms with Crippen molar-refractivity contribution in [2.24, 2.45) is 0 Å². The zero-order valence-electron chi connectivity index (χ0n) is 48.7. The maximum atomic E-state index is 5.32. The Morgan fingerprint density at radius 2 is 0.378 bits per heavy atom. The molecule has 0 atom stereocenters. The predicted octanol–water partition coefficient (Wildman–Crippen LogP) is 22.1. The van der Waals surface area contributed by atoms with E-state index in [4.69, 9.17) is 29.9 Å². The maximum absolute atomic E-state index is 5.32. The van der Waals surface area contributed by atoms with Gasteiger partial charge in [-0.2, -0.15) is 0 Å². The highest BCUT2D eigenvalue weighted by molar-refractivity contribution is 6.18. The fourth-order valence-corrected chi connectivity index (χ4v) is 13.2. The molecule has 36 aromatic rings. The largest absolute Gasteiger partial charge is 0.256 e. The van der Waals surface area contributed by atoms with Gasteiger partial charge in [0, 0.05) is 85.7 Å². The van der Waals surface area contributed by atoms with Crippen molar-refractivity contribution in [3.05, 3.63) is 316 Å². The van der Waals surface area contributed by atoms with Crippen LogP contribution in [0, 0.1) is 0 Å². The number of pyridine rings is 6. The molecule has 0 amide bonds. The van der Waals surface area contributed by atoms with E-state index < -0.39 is 0 Å². The van der Waals surface area contributed by atoms with Crippen molar-refractivity contribution >= 4 is 162 Å². The highest BCUT2D eigenvalue weighted by atomic mass is 14.7. The van der Waals surface area contributed by atoms with Crippen LogP contribution < -0.4 is 0 Å². The molecule has 24 heterocycles. The first-order valence-corrected chi connectivity index (χ1v) is 30.3. The van der Waals surface area contributed by atoms with Gasteiger partial charge in [-0.15, -0.1) is 0 Å². The van der Waals surface area contributed by atoms with Crippen molar-refractivity contribution in [1.82, 2.24) is 29.9 Å². The fraction of sp³-hybridized carbons (Fsp3) is 0. The molecule has 0 N–H and O–H groups in total. The molecule has 12 aromatic carbocycles. The van der Waals surface area contributed by atoms with Gasteiger partial charge in [0.05, 0.1) is 33.1 Å². The molecule has 0 aliphatic carbocycles. The molecule has 36 rings (SSSR count). The lowest BCUT2D eigenvalue weighted by Crippen LogP contribution is -1.84. The molecule has 0 spiro atoms. The van der Waals surface area contributed by atoms with Gasteiger partial charge in [0.2, 0.25) is 0 Å². The minimum atomic E-state index is 0.832. The van der Waals surface area contributed by atoms with Crippen LogP contribution in [0.25, 0.3) is 173 Å². The zero-order valence-corrected chi connectivity index (χ0v) is 48.7. The van der Waals surface area contributed by atoms with Gasteiger partial charge in [-0.1, -0.05) is 182 Å². The maximum Gasteiger partial charge on any atom is 0.0717 e. The van der Waals surface area contributed by atoms with Crippen molar-refractivity contribution in [3.63, 3.8) is 0 Å². The Hall–Kier alpha value is -12.1. The van der Waals surface area contributed by atoms with Crippen LogP contribution in [0.2, 0.25) is 0 Å². The second-order valence-electron chi connectivity index (χ2n) is 23.0. The van der Waals surface area contributed by atoms with Crippen molar-refractivity contribution < 1.29 is 0 Å². The summed E-state index contributed by atoms with van der Waals surface area (Å²) < 4.78 is 0. The van der Waals surface area contributed by atoms with E-state index in [2.05, 4.69) is 279 Å². The van der Waals surface area contributed by atoms with Crippen LogP contribution in [0.15, 0.2) is 316 Å². The van der Waals surface area contributed by atoms with Crippen molar-refractivity contribution in [1.29, 1.82) is 0 Å². The first-order chi connectivity index (χ1) is 44.6. The van der Waals surface area contributed by atoms with Crippen LogP contribution in [0.1, 0.15) is 0 Å². The van der Waals surface area contributed by atoms with Gasteiger partial charge >= 0.3 is 0 Å². The Labute approximate surface area is 516 Å². The van der Waals surface area contributed by atoms with Gasteiger partial charge < -0.3 is 0 Å². The van der Waals surface area contributed by atoms with Gasteiger partial charge in [-0.3, -0.25) is 29.9 Å². The summed E-state index contributed by atoms with van der Waals surface area (Å²) in [5.41, 5.74) is 7.28. The molecule has 418 valence electrons. The molecule has 24 aromatic heterocycles. The predicted molar refractivity (Wildman–Crippen MR) is 381 cm³/mol. The zero-order chi connectivity index (χ0) is 59.5. The second-order valence-corrected chi connectivity index (χ2v) is 23.0. The molecule has 0 aliphatic heterocycles. The summed E-state index contributed by atoms with van der Waals surface area (Å²) in [6, 6.07) is 100. The van der Waals surface area contributed by atoms with Crippen LogP contribution in [0.3, 0.4) is 0 Å². The minimum Gasteiger partial charge on any atom is -0.256 e. The number of hydrogen-bond donors (Lipinski definition) is 0. The fourth-order valence-electron chi connectivity index (χ4n) is 13.2. The Morgan fingerprint density at radius 1 is 0.133 bits per heavy atom. The summed E-state index contributed by atoms with van der Waals surface area (Å²) in [5.74, 6) is 0. The lowest BCUT2D eigenvalue weighted by molar-refractivity contribution is 1.41. The quantitative estimate of drug-likeness (QED) is 0.163. The Kier molecular flexibility index (Phi) is 12.8. The molecule has 18 bridgehead atoms. The molecule has 6 nitrogen and oxygen atoms in total. The van der Waals surface area contributed by atoms with Crippen LogP contribution in [0.5, 0.6) is 0 Å². The number of aromatic nitrogens is 6.